The number of nitrogens with zero attached hydrogens (tertiary/aromatic N) is 1. The third-order valence-corrected chi connectivity index (χ3v) is 4.13. The van der Waals surface area contributed by atoms with E-state index in [2.05, 4.69) is 43.2 Å². The van der Waals surface area contributed by atoms with Crippen molar-refractivity contribution in [1.29, 1.82) is 0 Å². The molecule has 27 heavy (non-hydrogen) atoms. The molecule has 0 radical (unpaired) electrons. The molecule has 3 N–H and O–H groups in total. The minimum Gasteiger partial charge on any atom is -0.490 e. The van der Waals surface area contributed by atoms with Gasteiger partial charge in [-0.15, -0.1) is 24.0 Å². The second-order valence-electron chi connectivity index (χ2n) is 6.36. The molecule has 0 aliphatic rings. The molecule has 148 valence electrons. The lowest BCUT2D eigenvalue weighted by Crippen LogP contribution is -2.23. The lowest BCUT2D eigenvalue weighted by molar-refractivity contribution is 0.185. The first kappa shape index (κ1) is 23.2. The number of anilines is 1. The van der Waals surface area contributed by atoms with E-state index in [0.29, 0.717) is 19.1 Å². The molecule has 0 saturated carbocycles. The molecule has 5 nitrogen and oxygen atoms in total. The van der Waals surface area contributed by atoms with Crippen LogP contribution in [-0.2, 0) is 17.9 Å². The van der Waals surface area contributed by atoms with E-state index in [-0.39, 0.29) is 30.1 Å². The zero-order valence-electron chi connectivity index (χ0n) is 16.5. The molecule has 2 rings (SSSR count). The average Bonchev–Trinajstić information content (AvgIpc) is 2.63. The van der Waals surface area contributed by atoms with Gasteiger partial charge in [0.25, 0.3) is 0 Å². The van der Waals surface area contributed by atoms with E-state index in [1.54, 1.807) is 7.11 Å². The van der Waals surface area contributed by atoms with E-state index < -0.39 is 0 Å². The van der Waals surface area contributed by atoms with Gasteiger partial charge in [-0.3, -0.25) is 0 Å². The van der Waals surface area contributed by atoms with Crippen molar-refractivity contribution in [3.63, 3.8) is 0 Å². The Kier molecular flexibility index (Phi) is 10.2. The molecule has 6 heteroatoms. The number of guanidine groups is 1. The summed E-state index contributed by atoms with van der Waals surface area (Å²) in [6.07, 6.45) is 1.12. The van der Waals surface area contributed by atoms with Crippen molar-refractivity contribution in [2.45, 2.75) is 46.4 Å². The van der Waals surface area contributed by atoms with Gasteiger partial charge in [0.2, 0.25) is 0 Å². The number of benzene rings is 2. The molecule has 1 unspecified atom stereocenters. The number of para-hydroxylation sites is 1. The van der Waals surface area contributed by atoms with Crippen LogP contribution in [0.4, 0.5) is 5.69 Å². The first-order chi connectivity index (χ1) is 12.5. The lowest BCUT2D eigenvalue weighted by Gasteiger charge is -2.16. The quantitative estimate of drug-likeness (QED) is 0.320. The molecule has 0 aromatic heterocycles. The Bertz CT molecular complexity index is 750. The van der Waals surface area contributed by atoms with Gasteiger partial charge in [-0.2, -0.15) is 0 Å². The SMILES string of the molecule is CCC(C)Oc1cc(C)ccc1CN=C(N)Nc1ccccc1COC.I. The maximum absolute atomic E-state index is 6.08. The predicted molar refractivity (Wildman–Crippen MR) is 123 cm³/mol. The summed E-state index contributed by atoms with van der Waals surface area (Å²) in [7, 11) is 1.67. The van der Waals surface area contributed by atoms with Gasteiger partial charge in [-0.05, 0) is 38.0 Å². The molecule has 2 aromatic rings. The highest BCUT2D eigenvalue weighted by atomic mass is 127. The smallest absolute Gasteiger partial charge is 0.193 e. The van der Waals surface area contributed by atoms with E-state index in [1.807, 2.05) is 30.3 Å². The van der Waals surface area contributed by atoms with E-state index in [0.717, 1.165) is 34.5 Å². The van der Waals surface area contributed by atoms with Crippen molar-refractivity contribution in [1.82, 2.24) is 0 Å². The molecule has 0 bridgehead atoms. The third-order valence-electron chi connectivity index (χ3n) is 4.13. The molecule has 0 heterocycles. The molecule has 1 atom stereocenters. The van der Waals surface area contributed by atoms with Gasteiger partial charge in [-0.25, -0.2) is 4.99 Å². The monoisotopic (exact) mass is 483 g/mol. The van der Waals surface area contributed by atoms with Gasteiger partial charge in [-0.1, -0.05) is 37.3 Å². The minimum absolute atomic E-state index is 0. The summed E-state index contributed by atoms with van der Waals surface area (Å²) in [6.45, 7) is 7.20. The highest BCUT2D eigenvalue weighted by molar-refractivity contribution is 14.0. The van der Waals surface area contributed by atoms with Crippen LogP contribution >= 0.6 is 24.0 Å². The van der Waals surface area contributed by atoms with E-state index >= 15 is 0 Å². The minimum atomic E-state index is 0. The second kappa shape index (κ2) is 11.8. The van der Waals surface area contributed by atoms with Crippen molar-refractivity contribution in [2.24, 2.45) is 10.7 Å². The van der Waals surface area contributed by atoms with Gasteiger partial charge >= 0.3 is 0 Å². The third kappa shape index (κ3) is 7.38. The molecule has 0 fully saturated rings. The number of hydrogen-bond acceptors (Lipinski definition) is 3. The zero-order chi connectivity index (χ0) is 18.9. The highest BCUT2D eigenvalue weighted by Gasteiger charge is 2.08. The number of rotatable bonds is 8. The summed E-state index contributed by atoms with van der Waals surface area (Å²) < 4.78 is 11.2. The zero-order valence-corrected chi connectivity index (χ0v) is 18.8. The summed E-state index contributed by atoms with van der Waals surface area (Å²) in [5.41, 5.74) is 10.2. The molecule has 0 aliphatic heterocycles. The standard InChI is InChI=1S/C21H29N3O2.HI/c1-5-16(3)26-20-12-15(2)10-11-17(20)13-23-21(22)24-19-9-7-6-8-18(19)14-25-4;/h6-12,16H,5,13-14H2,1-4H3,(H3,22,23,24);1H. The Labute approximate surface area is 179 Å². The van der Waals surface area contributed by atoms with Crippen molar-refractivity contribution in [2.75, 3.05) is 12.4 Å². The lowest BCUT2D eigenvalue weighted by atomic mass is 10.1. The highest BCUT2D eigenvalue weighted by Crippen LogP contribution is 2.23. The largest absolute Gasteiger partial charge is 0.490 e. The number of nitrogens with one attached hydrogen (secondary N) is 1. The van der Waals surface area contributed by atoms with Crippen molar-refractivity contribution in [3.05, 3.63) is 59.2 Å². The van der Waals surface area contributed by atoms with Crippen LogP contribution in [0.5, 0.6) is 5.75 Å². The molecule has 2 aromatic carbocycles. The van der Waals surface area contributed by atoms with Crippen LogP contribution in [0.25, 0.3) is 0 Å². The number of aliphatic imine (C=N–C) groups is 1. The maximum atomic E-state index is 6.08. The van der Waals surface area contributed by atoms with Gasteiger partial charge in [0, 0.05) is 23.9 Å². The first-order valence-corrected chi connectivity index (χ1v) is 8.93. The van der Waals surface area contributed by atoms with Gasteiger partial charge in [0.15, 0.2) is 5.96 Å². The van der Waals surface area contributed by atoms with Gasteiger partial charge in [0.05, 0.1) is 19.3 Å². The molecule has 0 spiro atoms. The Hall–Kier alpha value is -1.80. The van der Waals surface area contributed by atoms with Crippen LogP contribution in [0.3, 0.4) is 0 Å². The number of methoxy groups -OCH3 is 1. The molecular formula is C21H30IN3O2. The van der Waals surface area contributed by atoms with Crippen LogP contribution in [0, 0.1) is 6.92 Å². The topological polar surface area (TPSA) is 68.9 Å². The Morgan fingerprint density at radius 2 is 1.93 bits per heavy atom. The molecule has 0 amide bonds. The first-order valence-electron chi connectivity index (χ1n) is 8.93. The Morgan fingerprint density at radius 3 is 2.63 bits per heavy atom. The fraction of sp³-hybridized carbons (Fsp3) is 0.381. The average molecular weight is 483 g/mol. The second-order valence-corrected chi connectivity index (χ2v) is 6.36. The van der Waals surface area contributed by atoms with Crippen LogP contribution in [0.2, 0.25) is 0 Å². The number of nitrogens with two attached hydrogens (primary N) is 1. The van der Waals surface area contributed by atoms with Crippen molar-refractivity contribution >= 4 is 35.6 Å². The fourth-order valence-corrected chi connectivity index (χ4v) is 2.47. The van der Waals surface area contributed by atoms with E-state index in [1.165, 1.54) is 0 Å². The van der Waals surface area contributed by atoms with Crippen LogP contribution in [-0.4, -0.2) is 19.2 Å². The van der Waals surface area contributed by atoms with E-state index in [4.69, 9.17) is 15.2 Å². The molecule has 0 saturated heterocycles. The molecular weight excluding hydrogens is 453 g/mol. The van der Waals surface area contributed by atoms with Crippen LogP contribution in [0.1, 0.15) is 37.0 Å². The Morgan fingerprint density at radius 1 is 1.19 bits per heavy atom. The predicted octanol–water partition coefficient (Wildman–Crippen LogP) is 4.86. The number of halogens is 1. The summed E-state index contributed by atoms with van der Waals surface area (Å²) in [5, 5.41) is 3.16. The van der Waals surface area contributed by atoms with Crippen molar-refractivity contribution < 1.29 is 9.47 Å². The maximum Gasteiger partial charge on any atom is 0.193 e. The summed E-state index contributed by atoms with van der Waals surface area (Å²) in [4.78, 5) is 4.48. The van der Waals surface area contributed by atoms with Crippen LogP contribution < -0.4 is 15.8 Å². The normalized spacial score (nSPS) is 12.2. The molecule has 0 aliphatic carbocycles. The fourth-order valence-electron chi connectivity index (χ4n) is 2.47. The van der Waals surface area contributed by atoms with Crippen molar-refractivity contribution in [3.8, 4) is 5.75 Å². The van der Waals surface area contributed by atoms with Crippen LogP contribution in [0.15, 0.2) is 47.5 Å². The van der Waals surface area contributed by atoms with Gasteiger partial charge < -0.3 is 20.5 Å². The summed E-state index contributed by atoms with van der Waals surface area (Å²) in [5.74, 6) is 1.24. The van der Waals surface area contributed by atoms with E-state index in [9.17, 15) is 0 Å². The summed E-state index contributed by atoms with van der Waals surface area (Å²) >= 11 is 0. The number of hydrogen-bond donors (Lipinski definition) is 2. The van der Waals surface area contributed by atoms with Gasteiger partial charge in [0.1, 0.15) is 5.75 Å². The summed E-state index contributed by atoms with van der Waals surface area (Å²) in [6, 6.07) is 14.0. The number of ether oxygens (including phenoxy) is 2. The number of aryl methyl sites for hydroxylation is 1. The Balaban J connectivity index is 0.00000364.